The largest absolute Gasteiger partial charge is 0.284 e. The molecule has 2 heterocycles. The van der Waals surface area contributed by atoms with Gasteiger partial charge in [-0.05, 0) is 22.6 Å². The van der Waals surface area contributed by atoms with Gasteiger partial charge in [-0.2, -0.15) is 5.10 Å². The van der Waals surface area contributed by atoms with Gasteiger partial charge in [-0.1, -0.05) is 66.7 Å². The van der Waals surface area contributed by atoms with Crippen molar-refractivity contribution in [1.29, 1.82) is 0 Å². The van der Waals surface area contributed by atoms with Crippen molar-refractivity contribution < 1.29 is 4.79 Å². The first kappa shape index (κ1) is 14.8. The zero-order chi connectivity index (χ0) is 16.4. The van der Waals surface area contributed by atoms with E-state index in [2.05, 4.69) is 17.2 Å². The van der Waals surface area contributed by atoms with Gasteiger partial charge in [0.1, 0.15) is 0 Å². The zero-order valence-electron chi connectivity index (χ0n) is 13.0. The third-order valence-corrected chi connectivity index (χ3v) is 5.00. The Morgan fingerprint density at radius 1 is 0.958 bits per heavy atom. The molecule has 0 fully saturated rings. The van der Waals surface area contributed by atoms with E-state index in [4.69, 9.17) is 0 Å². The van der Waals surface area contributed by atoms with Crippen molar-refractivity contribution in [3.05, 3.63) is 94.2 Å². The van der Waals surface area contributed by atoms with Crippen molar-refractivity contribution in [2.75, 3.05) is 0 Å². The summed E-state index contributed by atoms with van der Waals surface area (Å²) in [5.41, 5.74) is 3.13. The predicted octanol–water partition coefficient (Wildman–Crippen LogP) is 4.74. The van der Waals surface area contributed by atoms with Crippen LogP contribution >= 0.6 is 11.3 Å². The van der Waals surface area contributed by atoms with E-state index in [0.717, 1.165) is 23.3 Å². The maximum absolute atomic E-state index is 12.9. The molecule has 1 aliphatic rings. The summed E-state index contributed by atoms with van der Waals surface area (Å²) in [6.07, 6.45) is 0.727. The zero-order valence-corrected chi connectivity index (χ0v) is 13.8. The van der Waals surface area contributed by atoms with Crippen LogP contribution in [-0.2, 0) is 0 Å². The molecule has 0 radical (unpaired) electrons. The molecule has 1 atom stereocenters. The molecule has 118 valence electrons. The Hall–Kier alpha value is -2.72. The highest BCUT2D eigenvalue weighted by atomic mass is 32.1. The second kappa shape index (κ2) is 6.42. The smallest absolute Gasteiger partial charge is 0.266 e. The van der Waals surface area contributed by atoms with Crippen LogP contribution in [0.4, 0.5) is 0 Å². The lowest BCUT2D eigenvalue weighted by molar-refractivity contribution is 0.0716. The summed E-state index contributed by atoms with van der Waals surface area (Å²) in [6, 6.07) is 23.9. The van der Waals surface area contributed by atoms with Crippen molar-refractivity contribution in [2.24, 2.45) is 5.10 Å². The lowest BCUT2D eigenvalue weighted by Crippen LogP contribution is -2.26. The van der Waals surface area contributed by atoms with Gasteiger partial charge >= 0.3 is 0 Å². The number of thiophene rings is 1. The minimum atomic E-state index is -0.0593. The fourth-order valence-electron chi connectivity index (χ4n) is 2.95. The third kappa shape index (κ3) is 2.76. The number of hydrazone groups is 1. The van der Waals surface area contributed by atoms with Gasteiger partial charge in [-0.15, -0.1) is 11.3 Å². The van der Waals surface area contributed by atoms with Crippen molar-refractivity contribution in [3.8, 4) is 0 Å². The molecule has 0 bridgehead atoms. The second-order valence-corrected chi connectivity index (χ2v) is 6.62. The fraction of sp³-hybridized carbons (Fsp3) is 0.100. The lowest BCUT2D eigenvalue weighted by atomic mass is 9.98. The third-order valence-electron chi connectivity index (χ3n) is 4.14. The van der Waals surface area contributed by atoms with Gasteiger partial charge in [-0.3, -0.25) is 4.79 Å². The first-order valence-corrected chi connectivity index (χ1v) is 8.76. The summed E-state index contributed by atoms with van der Waals surface area (Å²) >= 11 is 1.45. The molecule has 0 unspecified atom stereocenters. The summed E-state index contributed by atoms with van der Waals surface area (Å²) in [5.74, 6) is -0.0372. The van der Waals surface area contributed by atoms with Crippen LogP contribution in [-0.4, -0.2) is 16.6 Å². The highest BCUT2D eigenvalue weighted by Gasteiger charge is 2.33. The minimum Gasteiger partial charge on any atom is -0.266 e. The van der Waals surface area contributed by atoms with Crippen molar-refractivity contribution in [3.63, 3.8) is 0 Å². The van der Waals surface area contributed by atoms with Crippen molar-refractivity contribution in [1.82, 2.24) is 5.01 Å². The average Bonchev–Trinajstić information content (AvgIpc) is 3.33. The molecule has 1 aromatic heterocycles. The molecule has 4 rings (SSSR count). The quantitative estimate of drug-likeness (QED) is 0.682. The van der Waals surface area contributed by atoms with Gasteiger partial charge < -0.3 is 0 Å². The second-order valence-electron chi connectivity index (χ2n) is 5.67. The number of carbonyl (C=O) groups is 1. The normalized spacial score (nSPS) is 16.9. The molecule has 1 amide bonds. The molecule has 2 aromatic carbocycles. The molecule has 24 heavy (non-hydrogen) atoms. The van der Waals surface area contributed by atoms with E-state index < -0.39 is 0 Å². The van der Waals surface area contributed by atoms with Crippen molar-refractivity contribution in [2.45, 2.75) is 12.5 Å². The van der Waals surface area contributed by atoms with E-state index in [1.807, 2.05) is 66.0 Å². The molecule has 3 nitrogen and oxygen atoms in total. The molecule has 4 heteroatoms. The topological polar surface area (TPSA) is 32.7 Å². The van der Waals surface area contributed by atoms with Crippen LogP contribution in [0.25, 0.3) is 0 Å². The summed E-state index contributed by atoms with van der Waals surface area (Å²) in [7, 11) is 0. The fourth-order valence-corrected chi connectivity index (χ4v) is 3.61. The number of hydrogen-bond acceptors (Lipinski definition) is 3. The number of nitrogens with zero attached hydrogens (tertiary/aromatic N) is 2. The van der Waals surface area contributed by atoms with Crippen LogP contribution in [0.1, 0.15) is 33.3 Å². The highest BCUT2D eigenvalue weighted by molar-refractivity contribution is 7.12. The number of rotatable bonds is 3. The Morgan fingerprint density at radius 2 is 1.67 bits per heavy atom. The van der Waals surface area contributed by atoms with Gasteiger partial charge in [0.05, 0.1) is 16.6 Å². The van der Waals surface area contributed by atoms with E-state index in [1.54, 1.807) is 5.01 Å². The van der Waals surface area contributed by atoms with E-state index in [-0.39, 0.29) is 11.9 Å². The van der Waals surface area contributed by atoms with Gasteiger partial charge in [-0.25, -0.2) is 5.01 Å². The summed E-state index contributed by atoms with van der Waals surface area (Å²) < 4.78 is 0. The van der Waals surface area contributed by atoms with Gasteiger partial charge in [0, 0.05) is 6.42 Å². The SMILES string of the molecule is O=C(c1cccs1)N1N=C(c2ccccc2)C[C@@H]1c1ccccc1. The molecular weight excluding hydrogens is 316 g/mol. The van der Waals surface area contributed by atoms with Crippen LogP contribution in [0.3, 0.4) is 0 Å². The number of hydrogen-bond donors (Lipinski definition) is 0. The van der Waals surface area contributed by atoms with Crippen LogP contribution < -0.4 is 0 Å². The highest BCUT2D eigenvalue weighted by Crippen LogP contribution is 2.34. The first-order valence-electron chi connectivity index (χ1n) is 7.88. The molecule has 3 aromatic rings. The number of benzene rings is 2. The maximum Gasteiger partial charge on any atom is 0.284 e. The summed E-state index contributed by atoms with van der Waals surface area (Å²) in [4.78, 5) is 13.6. The monoisotopic (exact) mass is 332 g/mol. The first-order chi connectivity index (χ1) is 11.8. The average molecular weight is 332 g/mol. The Morgan fingerprint density at radius 3 is 2.33 bits per heavy atom. The van der Waals surface area contributed by atoms with Gasteiger partial charge in [0.2, 0.25) is 0 Å². The molecule has 0 N–H and O–H groups in total. The summed E-state index contributed by atoms with van der Waals surface area (Å²) in [5, 5.41) is 8.24. The maximum atomic E-state index is 12.9. The Kier molecular flexibility index (Phi) is 3.97. The van der Waals surface area contributed by atoms with Crippen LogP contribution in [0.15, 0.2) is 83.3 Å². The van der Waals surface area contributed by atoms with Crippen molar-refractivity contribution >= 4 is 23.0 Å². The van der Waals surface area contributed by atoms with Crippen LogP contribution in [0.5, 0.6) is 0 Å². The molecule has 0 saturated heterocycles. The molecule has 0 aliphatic carbocycles. The van der Waals surface area contributed by atoms with E-state index in [1.165, 1.54) is 11.3 Å². The predicted molar refractivity (Wildman–Crippen MR) is 97.3 cm³/mol. The number of amides is 1. The summed E-state index contributed by atoms with van der Waals surface area (Å²) in [6.45, 7) is 0. The molecule has 0 saturated carbocycles. The van der Waals surface area contributed by atoms with Crippen LogP contribution in [0.2, 0.25) is 0 Å². The lowest BCUT2D eigenvalue weighted by Gasteiger charge is -2.21. The Balaban J connectivity index is 1.73. The van der Waals surface area contributed by atoms with E-state index in [0.29, 0.717) is 4.88 Å². The standard InChI is InChI=1S/C20H16N2OS/c23-20(19-12-7-13-24-19)22-18(16-10-5-2-6-11-16)14-17(21-22)15-8-3-1-4-9-15/h1-13,18H,14H2/t18-/m1/s1. The minimum absolute atomic E-state index is 0.0372. The molecular formula is C20H16N2OS. The van der Waals surface area contributed by atoms with E-state index in [9.17, 15) is 4.79 Å². The Bertz CT molecular complexity index is 857. The number of carbonyl (C=O) groups excluding carboxylic acids is 1. The van der Waals surface area contributed by atoms with E-state index >= 15 is 0 Å². The molecule has 0 spiro atoms. The molecule has 1 aliphatic heterocycles. The van der Waals surface area contributed by atoms with Gasteiger partial charge in [0.25, 0.3) is 5.91 Å². The van der Waals surface area contributed by atoms with Gasteiger partial charge in [0.15, 0.2) is 0 Å². The van der Waals surface area contributed by atoms with Crippen LogP contribution in [0, 0.1) is 0 Å². The Labute approximate surface area is 144 Å².